The van der Waals surface area contributed by atoms with Gasteiger partial charge >= 0.3 is 0 Å². The van der Waals surface area contributed by atoms with Crippen LogP contribution in [0.5, 0.6) is 0 Å². The number of thioether (sulfide) groups is 1. The van der Waals surface area contributed by atoms with Gasteiger partial charge < -0.3 is 16.4 Å². The van der Waals surface area contributed by atoms with Gasteiger partial charge in [0, 0.05) is 37.6 Å². The molecule has 114 valence electrons. The van der Waals surface area contributed by atoms with Gasteiger partial charge in [0.25, 0.3) is 0 Å². The highest BCUT2D eigenvalue weighted by Gasteiger charge is 1.99. The van der Waals surface area contributed by atoms with Crippen LogP contribution in [0.2, 0.25) is 0 Å². The van der Waals surface area contributed by atoms with E-state index in [0.717, 1.165) is 26.2 Å². The molecule has 4 heteroatoms. The Morgan fingerprint density at radius 2 is 1.70 bits per heavy atom. The van der Waals surface area contributed by atoms with Gasteiger partial charge in [-0.1, -0.05) is 38.0 Å². The molecule has 20 heavy (non-hydrogen) atoms. The molecule has 0 saturated carbocycles. The maximum absolute atomic E-state index is 5.67. The summed E-state index contributed by atoms with van der Waals surface area (Å²) in [6.45, 7) is 7.44. The predicted octanol–water partition coefficient (Wildman–Crippen LogP) is 2.61. The van der Waals surface area contributed by atoms with Crippen molar-refractivity contribution < 1.29 is 0 Å². The first-order valence-electron chi connectivity index (χ1n) is 7.70. The van der Waals surface area contributed by atoms with Gasteiger partial charge in [0.1, 0.15) is 0 Å². The standard InChI is InChI=1S/C12H19NS.C4H10N2/c1-2-3-6-9-14-12-8-5-4-7-11(12)10-13;1-2-6-4-3-5-1/h4-5,7-8H,2-3,6,9-10,13H2,1H3;5-6H,1-4H2. The molecule has 1 fully saturated rings. The normalized spacial score (nSPS) is 14.5. The van der Waals surface area contributed by atoms with Gasteiger partial charge in [0.15, 0.2) is 0 Å². The molecule has 2 rings (SSSR count). The molecule has 1 saturated heterocycles. The summed E-state index contributed by atoms with van der Waals surface area (Å²) in [6.07, 6.45) is 3.93. The summed E-state index contributed by atoms with van der Waals surface area (Å²) >= 11 is 1.93. The quantitative estimate of drug-likeness (QED) is 0.558. The Morgan fingerprint density at radius 1 is 1.05 bits per heavy atom. The molecular formula is C16H29N3S. The van der Waals surface area contributed by atoms with Crippen molar-refractivity contribution >= 4 is 11.8 Å². The summed E-state index contributed by atoms with van der Waals surface area (Å²) in [7, 11) is 0. The van der Waals surface area contributed by atoms with E-state index in [1.54, 1.807) is 0 Å². The Hall–Kier alpha value is -0.550. The van der Waals surface area contributed by atoms with Crippen LogP contribution in [0, 0.1) is 0 Å². The van der Waals surface area contributed by atoms with Gasteiger partial charge in [-0.05, 0) is 23.8 Å². The number of hydrogen-bond acceptors (Lipinski definition) is 4. The fourth-order valence-electron chi connectivity index (χ4n) is 1.95. The fraction of sp³-hybridized carbons (Fsp3) is 0.625. The topological polar surface area (TPSA) is 50.1 Å². The number of hydrogen-bond donors (Lipinski definition) is 3. The van der Waals surface area contributed by atoms with Crippen LogP contribution in [0.4, 0.5) is 0 Å². The molecule has 3 nitrogen and oxygen atoms in total. The van der Waals surface area contributed by atoms with Gasteiger partial charge in [-0.25, -0.2) is 0 Å². The smallest absolute Gasteiger partial charge is 0.0189 e. The van der Waals surface area contributed by atoms with Crippen LogP contribution < -0.4 is 16.4 Å². The molecular weight excluding hydrogens is 266 g/mol. The summed E-state index contributed by atoms with van der Waals surface area (Å²) in [4.78, 5) is 1.35. The average molecular weight is 295 g/mol. The molecule has 0 bridgehead atoms. The highest BCUT2D eigenvalue weighted by atomic mass is 32.2. The van der Waals surface area contributed by atoms with Crippen molar-refractivity contribution in [1.29, 1.82) is 0 Å². The van der Waals surface area contributed by atoms with E-state index in [9.17, 15) is 0 Å². The SMILES string of the molecule is C1CNCCN1.CCCCCSc1ccccc1CN. The lowest BCUT2D eigenvalue weighted by molar-refractivity contribution is 0.534. The molecule has 0 amide bonds. The number of rotatable bonds is 6. The van der Waals surface area contributed by atoms with E-state index in [1.165, 1.54) is 35.5 Å². The van der Waals surface area contributed by atoms with Crippen LogP contribution in [-0.4, -0.2) is 31.9 Å². The molecule has 0 spiro atoms. The minimum atomic E-state index is 0.650. The first kappa shape index (κ1) is 17.5. The van der Waals surface area contributed by atoms with Gasteiger partial charge in [-0.15, -0.1) is 11.8 Å². The number of unbranched alkanes of at least 4 members (excludes halogenated alkanes) is 2. The van der Waals surface area contributed by atoms with Gasteiger partial charge in [0.2, 0.25) is 0 Å². The van der Waals surface area contributed by atoms with E-state index >= 15 is 0 Å². The Labute approximate surface area is 128 Å². The van der Waals surface area contributed by atoms with Crippen molar-refractivity contribution in [3.8, 4) is 0 Å². The van der Waals surface area contributed by atoms with Crippen molar-refractivity contribution in [3.63, 3.8) is 0 Å². The predicted molar refractivity (Wildman–Crippen MR) is 90.3 cm³/mol. The molecule has 0 atom stereocenters. The zero-order chi connectivity index (χ0) is 14.5. The molecule has 1 heterocycles. The highest BCUT2D eigenvalue weighted by Crippen LogP contribution is 2.23. The lowest BCUT2D eigenvalue weighted by Gasteiger charge is -2.11. The summed E-state index contributed by atoms with van der Waals surface area (Å²) in [5.41, 5.74) is 6.94. The second-order valence-corrected chi connectivity index (χ2v) is 6.00. The summed E-state index contributed by atoms with van der Waals surface area (Å²) < 4.78 is 0. The molecule has 1 aromatic rings. The Kier molecular flexibility index (Phi) is 10.7. The average Bonchev–Trinajstić information content (AvgIpc) is 2.54. The first-order valence-corrected chi connectivity index (χ1v) is 8.69. The van der Waals surface area contributed by atoms with Crippen LogP contribution in [0.25, 0.3) is 0 Å². The third-order valence-corrected chi connectivity index (χ3v) is 4.36. The minimum Gasteiger partial charge on any atom is -0.326 e. The lowest BCUT2D eigenvalue weighted by atomic mass is 10.2. The van der Waals surface area contributed by atoms with Crippen molar-refractivity contribution in [2.75, 3.05) is 31.9 Å². The first-order chi connectivity index (χ1) is 9.88. The molecule has 0 radical (unpaired) electrons. The van der Waals surface area contributed by atoms with Crippen molar-refractivity contribution in [3.05, 3.63) is 29.8 Å². The zero-order valence-corrected chi connectivity index (χ0v) is 13.5. The van der Waals surface area contributed by atoms with Crippen molar-refractivity contribution in [2.24, 2.45) is 5.73 Å². The van der Waals surface area contributed by atoms with Crippen LogP contribution in [0.15, 0.2) is 29.2 Å². The molecule has 1 aliphatic heterocycles. The number of nitrogens with two attached hydrogens (primary N) is 1. The third-order valence-electron chi connectivity index (χ3n) is 3.16. The molecule has 1 aliphatic rings. The molecule has 1 aromatic carbocycles. The summed E-state index contributed by atoms with van der Waals surface area (Å²) in [5, 5.41) is 6.44. The van der Waals surface area contributed by atoms with E-state index in [1.807, 2.05) is 11.8 Å². The van der Waals surface area contributed by atoms with Crippen molar-refractivity contribution in [1.82, 2.24) is 10.6 Å². The van der Waals surface area contributed by atoms with Gasteiger partial charge in [-0.2, -0.15) is 0 Å². The number of nitrogens with one attached hydrogen (secondary N) is 2. The van der Waals surface area contributed by atoms with Crippen LogP contribution >= 0.6 is 11.8 Å². The second-order valence-electron chi connectivity index (χ2n) is 4.87. The fourth-order valence-corrected chi connectivity index (χ4v) is 3.03. The van der Waals surface area contributed by atoms with E-state index in [2.05, 4.69) is 41.8 Å². The van der Waals surface area contributed by atoms with Gasteiger partial charge in [-0.3, -0.25) is 0 Å². The monoisotopic (exact) mass is 295 g/mol. The Morgan fingerprint density at radius 3 is 2.25 bits per heavy atom. The molecule has 0 unspecified atom stereocenters. The van der Waals surface area contributed by atoms with Crippen molar-refractivity contribution in [2.45, 2.75) is 37.6 Å². The van der Waals surface area contributed by atoms with Crippen LogP contribution in [-0.2, 0) is 6.54 Å². The Balaban J connectivity index is 0.000000276. The molecule has 0 aliphatic carbocycles. The number of piperazine rings is 1. The van der Waals surface area contributed by atoms with Crippen LogP contribution in [0.3, 0.4) is 0 Å². The highest BCUT2D eigenvalue weighted by molar-refractivity contribution is 7.99. The number of benzene rings is 1. The largest absolute Gasteiger partial charge is 0.326 e. The Bertz CT molecular complexity index is 329. The maximum Gasteiger partial charge on any atom is 0.0189 e. The second kappa shape index (κ2) is 12.2. The van der Waals surface area contributed by atoms with E-state index in [4.69, 9.17) is 5.73 Å². The third kappa shape index (κ3) is 7.90. The summed E-state index contributed by atoms with van der Waals surface area (Å²) in [5.74, 6) is 1.21. The van der Waals surface area contributed by atoms with E-state index < -0.39 is 0 Å². The summed E-state index contributed by atoms with van der Waals surface area (Å²) in [6, 6.07) is 8.42. The molecule has 0 aromatic heterocycles. The van der Waals surface area contributed by atoms with E-state index in [0.29, 0.717) is 6.54 Å². The van der Waals surface area contributed by atoms with E-state index in [-0.39, 0.29) is 0 Å². The lowest BCUT2D eigenvalue weighted by Crippen LogP contribution is -2.39. The van der Waals surface area contributed by atoms with Crippen LogP contribution in [0.1, 0.15) is 31.7 Å². The maximum atomic E-state index is 5.67. The zero-order valence-electron chi connectivity index (χ0n) is 12.7. The minimum absolute atomic E-state index is 0.650. The molecule has 4 N–H and O–H groups in total. The van der Waals surface area contributed by atoms with Gasteiger partial charge in [0.05, 0.1) is 0 Å².